The number of rotatable bonds is 7. The van der Waals surface area contributed by atoms with Crippen LogP contribution in [0.15, 0.2) is 17.6 Å². The Bertz CT molecular complexity index is 801. The van der Waals surface area contributed by atoms with Crippen molar-refractivity contribution in [1.29, 1.82) is 0 Å². The van der Waals surface area contributed by atoms with Gasteiger partial charge in [-0.25, -0.2) is 0 Å². The molecule has 0 aromatic heterocycles. The maximum Gasteiger partial charge on any atom is 0.268 e. The highest BCUT2D eigenvalue weighted by molar-refractivity contribution is 6.51. The van der Waals surface area contributed by atoms with Crippen LogP contribution in [0, 0.1) is 0 Å². The van der Waals surface area contributed by atoms with E-state index in [2.05, 4.69) is 6.92 Å². The number of unbranched alkanes of at least 4 members (excludes halogenated alkanes) is 4. The van der Waals surface area contributed by atoms with Gasteiger partial charge in [0.15, 0.2) is 5.76 Å². The minimum absolute atomic E-state index is 0.00552. The van der Waals surface area contributed by atoms with E-state index in [0.29, 0.717) is 11.1 Å². The smallest absolute Gasteiger partial charge is 0.268 e. The molecule has 0 spiro atoms. The van der Waals surface area contributed by atoms with Crippen molar-refractivity contribution in [3.8, 4) is 5.75 Å². The Morgan fingerprint density at radius 3 is 2.58 bits per heavy atom. The van der Waals surface area contributed by atoms with Crippen molar-refractivity contribution in [3.05, 3.63) is 39.8 Å². The highest BCUT2D eigenvalue weighted by Gasteiger charge is 2.33. The highest BCUT2D eigenvalue weighted by atomic mass is 16.5. The fraction of sp³-hybridized carbons (Fsp3) is 0.429. The van der Waals surface area contributed by atoms with E-state index >= 15 is 0 Å². The lowest BCUT2D eigenvalue weighted by molar-refractivity contribution is -0.114. The van der Waals surface area contributed by atoms with Crippen molar-refractivity contribution in [3.63, 3.8) is 0 Å². The Morgan fingerprint density at radius 2 is 1.85 bits per heavy atom. The van der Waals surface area contributed by atoms with Gasteiger partial charge in [0.05, 0.1) is 18.4 Å². The maximum absolute atomic E-state index is 12.3. The second-order valence-electron chi connectivity index (χ2n) is 6.69. The third-order valence-corrected chi connectivity index (χ3v) is 4.88. The van der Waals surface area contributed by atoms with Crippen LogP contribution in [0.1, 0.15) is 72.5 Å². The SMILES string of the molecule is CCCCCCCC1=Cc2cc3c(c(O)c2CO1)C(=O)C(=O)C(OC)=C3. The summed E-state index contributed by atoms with van der Waals surface area (Å²) < 4.78 is 10.7. The molecule has 0 bridgehead atoms. The number of carbonyl (C=O) groups is 2. The van der Waals surface area contributed by atoms with Gasteiger partial charge < -0.3 is 14.6 Å². The first-order valence-corrected chi connectivity index (χ1v) is 9.13. The molecule has 0 atom stereocenters. The molecule has 0 radical (unpaired) electrons. The van der Waals surface area contributed by atoms with E-state index < -0.39 is 11.6 Å². The third kappa shape index (κ3) is 3.39. The van der Waals surface area contributed by atoms with E-state index in [-0.39, 0.29) is 23.7 Å². The molecular formula is C21H24O5. The maximum atomic E-state index is 12.3. The van der Waals surface area contributed by atoms with Crippen LogP contribution >= 0.6 is 0 Å². The van der Waals surface area contributed by atoms with Gasteiger partial charge in [-0.15, -0.1) is 0 Å². The van der Waals surface area contributed by atoms with Crippen LogP contribution in [0.3, 0.4) is 0 Å². The lowest BCUT2D eigenvalue weighted by atomic mass is 9.88. The minimum atomic E-state index is -0.745. The molecule has 26 heavy (non-hydrogen) atoms. The number of phenols is 1. The molecule has 0 saturated heterocycles. The van der Waals surface area contributed by atoms with Gasteiger partial charge in [-0.3, -0.25) is 9.59 Å². The molecular weight excluding hydrogens is 332 g/mol. The lowest BCUT2D eigenvalue weighted by Gasteiger charge is -2.23. The lowest BCUT2D eigenvalue weighted by Crippen LogP contribution is -2.23. The number of benzene rings is 1. The molecule has 5 heteroatoms. The number of carbonyl (C=O) groups excluding carboxylic acids is 2. The normalized spacial score (nSPS) is 15.6. The highest BCUT2D eigenvalue weighted by Crippen LogP contribution is 2.38. The molecule has 0 saturated carbocycles. The van der Waals surface area contributed by atoms with Gasteiger partial charge in [0.25, 0.3) is 5.78 Å². The van der Waals surface area contributed by atoms with E-state index in [0.717, 1.165) is 24.2 Å². The molecule has 138 valence electrons. The van der Waals surface area contributed by atoms with Crippen LogP contribution in [0.4, 0.5) is 0 Å². The summed E-state index contributed by atoms with van der Waals surface area (Å²) in [6, 6.07) is 1.81. The molecule has 1 aromatic carbocycles. The summed E-state index contributed by atoms with van der Waals surface area (Å²) in [4.78, 5) is 24.3. The minimum Gasteiger partial charge on any atom is -0.507 e. The van der Waals surface area contributed by atoms with Gasteiger partial charge in [-0.2, -0.15) is 0 Å². The number of hydrogen-bond donors (Lipinski definition) is 1. The molecule has 1 heterocycles. The van der Waals surface area contributed by atoms with Gasteiger partial charge in [0, 0.05) is 12.0 Å². The van der Waals surface area contributed by atoms with E-state index in [1.54, 1.807) is 0 Å². The van der Waals surface area contributed by atoms with E-state index in [1.807, 2.05) is 12.1 Å². The van der Waals surface area contributed by atoms with E-state index in [1.165, 1.54) is 38.9 Å². The Morgan fingerprint density at radius 1 is 1.08 bits per heavy atom. The second kappa shape index (κ2) is 7.77. The molecule has 1 aliphatic heterocycles. The van der Waals surface area contributed by atoms with Gasteiger partial charge in [0.2, 0.25) is 5.78 Å². The number of fused-ring (bicyclic) bond motifs is 2. The molecule has 0 unspecified atom stereocenters. The van der Waals surface area contributed by atoms with Crippen LogP contribution in [0.5, 0.6) is 5.75 Å². The van der Waals surface area contributed by atoms with Gasteiger partial charge >= 0.3 is 0 Å². The van der Waals surface area contributed by atoms with E-state index in [9.17, 15) is 14.7 Å². The van der Waals surface area contributed by atoms with Crippen LogP contribution in [-0.2, 0) is 20.9 Å². The average Bonchev–Trinajstić information content (AvgIpc) is 2.64. The summed E-state index contributed by atoms with van der Waals surface area (Å²) in [5.41, 5.74) is 1.91. The molecule has 0 fully saturated rings. The van der Waals surface area contributed by atoms with Crippen molar-refractivity contribution >= 4 is 23.7 Å². The largest absolute Gasteiger partial charge is 0.507 e. The number of allylic oxidation sites excluding steroid dienone is 2. The summed E-state index contributed by atoms with van der Waals surface area (Å²) >= 11 is 0. The Kier molecular flexibility index (Phi) is 5.45. The van der Waals surface area contributed by atoms with Gasteiger partial charge in [-0.1, -0.05) is 32.6 Å². The van der Waals surface area contributed by atoms with Gasteiger partial charge in [-0.05, 0) is 35.8 Å². The number of ketones is 2. The van der Waals surface area contributed by atoms with Crippen LogP contribution in [0.2, 0.25) is 0 Å². The zero-order chi connectivity index (χ0) is 18.7. The monoisotopic (exact) mass is 356 g/mol. The molecule has 1 N–H and O–H groups in total. The number of methoxy groups -OCH3 is 1. The summed E-state index contributed by atoms with van der Waals surface area (Å²) in [6.45, 7) is 2.40. The van der Waals surface area contributed by atoms with Crippen molar-refractivity contribution in [2.45, 2.75) is 52.1 Å². The Balaban J connectivity index is 1.87. The van der Waals surface area contributed by atoms with Crippen LogP contribution in [-0.4, -0.2) is 23.8 Å². The molecule has 1 aromatic rings. The number of Topliss-reactive ketones (excluding diaryl/α,β-unsaturated/α-hetero) is 2. The van der Waals surface area contributed by atoms with Gasteiger partial charge in [0.1, 0.15) is 12.4 Å². The third-order valence-electron chi connectivity index (χ3n) is 4.88. The fourth-order valence-corrected chi connectivity index (χ4v) is 3.40. The summed E-state index contributed by atoms with van der Waals surface area (Å²) in [6.07, 6.45) is 10.2. The average molecular weight is 356 g/mol. The zero-order valence-corrected chi connectivity index (χ0v) is 15.3. The van der Waals surface area contributed by atoms with E-state index in [4.69, 9.17) is 9.47 Å². The van der Waals surface area contributed by atoms with Crippen molar-refractivity contribution < 1.29 is 24.2 Å². The fourth-order valence-electron chi connectivity index (χ4n) is 3.40. The number of aromatic hydroxyl groups is 1. The second-order valence-corrected chi connectivity index (χ2v) is 6.69. The first-order chi connectivity index (χ1) is 12.6. The number of ether oxygens (including phenoxy) is 2. The summed E-state index contributed by atoms with van der Waals surface area (Å²) in [5.74, 6) is -0.766. The summed E-state index contributed by atoms with van der Waals surface area (Å²) in [7, 11) is 1.35. The molecule has 2 aliphatic rings. The predicted molar refractivity (Wildman–Crippen MR) is 98.6 cm³/mol. The molecule has 3 rings (SSSR count). The number of hydrogen-bond acceptors (Lipinski definition) is 5. The predicted octanol–water partition coefficient (Wildman–Crippen LogP) is 4.38. The first kappa shape index (κ1) is 18.2. The zero-order valence-electron chi connectivity index (χ0n) is 15.3. The Labute approximate surface area is 153 Å². The van der Waals surface area contributed by atoms with Crippen molar-refractivity contribution in [1.82, 2.24) is 0 Å². The number of phenolic OH excluding ortho intramolecular Hbond substituents is 1. The summed E-state index contributed by atoms with van der Waals surface area (Å²) in [5, 5.41) is 10.5. The molecule has 0 amide bonds. The Hall–Kier alpha value is -2.56. The van der Waals surface area contributed by atoms with Crippen LogP contribution in [0.25, 0.3) is 12.2 Å². The molecule has 5 nitrogen and oxygen atoms in total. The molecule has 1 aliphatic carbocycles. The topological polar surface area (TPSA) is 72.8 Å². The van der Waals surface area contributed by atoms with Crippen LogP contribution < -0.4 is 0 Å². The van der Waals surface area contributed by atoms with Crippen molar-refractivity contribution in [2.24, 2.45) is 0 Å². The standard InChI is InChI=1S/C21H24O5/c1-3-4-5-6-7-8-15-10-13-9-14-11-17(25-2)20(23)21(24)18(14)19(22)16(13)12-26-15/h9-11,22H,3-8,12H2,1-2H3. The quantitative estimate of drug-likeness (QED) is 0.580. The van der Waals surface area contributed by atoms with Crippen molar-refractivity contribution in [2.75, 3.05) is 7.11 Å². The first-order valence-electron chi connectivity index (χ1n) is 9.13.